The van der Waals surface area contributed by atoms with E-state index in [-0.39, 0.29) is 70.6 Å². The van der Waals surface area contributed by atoms with E-state index < -0.39 is 57.8 Å². The van der Waals surface area contributed by atoms with E-state index >= 15 is 0 Å². The molecular formula is C8H12N12Na2O4S4. The van der Waals surface area contributed by atoms with Crippen molar-refractivity contribution in [2.45, 2.75) is 24.2 Å². The van der Waals surface area contributed by atoms with E-state index in [1.54, 1.807) is 0 Å². The standard InChI is InChI=1S/C8H14N12O4S4.2Na/c9-17-13-5(7(15-19-11)3-27(21)22)1-25-26-2-6(14-18-10)8(16-20-12)4-28(23)24;;/h5-8H,1-4H2,(H,21,22)(H,23,24);;/q;2*+1/p-2/t5-,6-,7-,8-;;/m0../s1. The van der Waals surface area contributed by atoms with Crippen LogP contribution in [0, 0.1) is 0 Å². The van der Waals surface area contributed by atoms with Crippen molar-refractivity contribution in [2.75, 3.05) is 23.0 Å². The molecule has 0 spiro atoms. The van der Waals surface area contributed by atoms with Gasteiger partial charge >= 0.3 is 59.1 Å². The van der Waals surface area contributed by atoms with Crippen LogP contribution in [0.1, 0.15) is 0 Å². The van der Waals surface area contributed by atoms with Crippen LogP contribution < -0.4 is 59.1 Å². The molecule has 154 valence electrons. The molecule has 0 amide bonds. The van der Waals surface area contributed by atoms with Crippen LogP contribution in [0.4, 0.5) is 0 Å². The fourth-order valence-corrected chi connectivity index (χ4v) is 5.26. The van der Waals surface area contributed by atoms with Gasteiger partial charge in [0.05, 0.1) is 24.2 Å². The quantitative estimate of drug-likeness (QED) is 0.0413. The van der Waals surface area contributed by atoms with Gasteiger partial charge < -0.3 is 9.11 Å². The number of hydrogen-bond donors (Lipinski definition) is 0. The maximum atomic E-state index is 10.8. The van der Waals surface area contributed by atoms with Crippen LogP contribution in [0.25, 0.3) is 41.8 Å². The van der Waals surface area contributed by atoms with Gasteiger partial charge in [0.2, 0.25) is 0 Å². The summed E-state index contributed by atoms with van der Waals surface area (Å²) >= 11 is -5.05. The zero-order valence-corrected chi connectivity index (χ0v) is 23.0. The molecule has 22 heteroatoms. The first kappa shape index (κ1) is 34.8. The van der Waals surface area contributed by atoms with E-state index in [2.05, 4.69) is 40.1 Å². The van der Waals surface area contributed by atoms with Crippen LogP contribution in [-0.4, -0.2) is 64.7 Å². The van der Waals surface area contributed by atoms with Crippen molar-refractivity contribution in [3.63, 3.8) is 0 Å². The van der Waals surface area contributed by atoms with Crippen LogP contribution in [0.2, 0.25) is 0 Å². The van der Waals surface area contributed by atoms with E-state index in [0.717, 1.165) is 21.6 Å². The minimum atomic E-state index is -2.53. The van der Waals surface area contributed by atoms with Gasteiger partial charge in [-0.3, -0.25) is 8.42 Å². The molecular weight excluding hydrogens is 502 g/mol. The summed E-state index contributed by atoms with van der Waals surface area (Å²) in [5, 5.41) is 13.5. The van der Waals surface area contributed by atoms with Crippen LogP contribution in [0.5, 0.6) is 0 Å². The number of nitrogens with zero attached hydrogens (tertiary/aromatic N) is 12. The summed E-state index contributed by atoms with van der Waals surface area (Å²) in [7, 11) is 2.17. The van der Waals surface area contributed by atoms with Crippen molar-refractivity contribution in [3.8, 4) is 0 Å². The van der Waals surface area contributed by atoms with Crippen LogP contribution in [0.15, 0.2) is 20.5 Å². The molecule has 0 aliphatic carbocycles. The number of azide groups is 4. The average molecular weight is 515 g/mol. The van der Waals surface area contributed by atoms with E-state index in [1.807, 2.05) is 0 Å². The number of rotatable bonds is 15. The van der Waals surface area contributed by atoms with E-state index in [0.29, 0.717) is 0 Å². The maximum absolute atomic E-state index is 10.8. The molecule has 0 bridgehead atoms. The van der Waals surface area contributed by atoms with Gasteiger partial charge in [0, 0.05) is 42.7 Å². The predicted octanol–water partition coefficient (Wildman–Crippen LogP) is -3.15. The Bertz CT molecular complexity index is 691. The molecule has 0 aliphatic rings. The van der Waals surface area contributed by atoms with Gasteiger partial charge in [0.15, 0.2) is 0 Å². The minimum Gasteiger partial charge on any atom is -0.772 e. The summed E-state index contributed by atoms with van der Waals surface area (Å²) < 4.78 is 43.4. The Labute approximate surface area is 227 Å². The summed E-state index contributed by atoms with van der Waals surface area (Å²) in [6, 6.07) is -4.15. The molecule has 0 aromatic rings. The fourth-order valence-electron chi connectivity index (χ4n) is 1.67. The van der Waals surface area contributed by atoms with E-state index in [1.165, 1.54) is 0 Å². The molecule has 0 fully saturated rings. The van der Waals surface area contributed by atoms with Gasteiger partial charge in [-0.1, -0.05) is 64.2 Å². The Balaban J connectivity index is -0.00000364. The molecule has 0 radical (unpaired) electrons. The molecule has 0 aromatic carbocycles. The van der Waals surface area contributed by atoms with Crippen molar-refractivity contribution in [3.05, 3.63) is 41.8 Å². The first-order valence-corrected chi connectivity index (χ1v) is 11.9. The van der Waals surface area contributed by atoms with Crippen molar-refractivity contribution < 1.29 is 76.6 Å². The molecule has 0 heterocycles. The molecule has 16 nitrogen and oxygen atoms in total. The summed E-state index contributed by atoms with van der Waals surface area (Å²) in [6.45, 7) is 0. The topological polar surface area (TPSA) is 275 Å². The molecule has 0 rings (SSSR count). The smallest absolute Gasteiger partial charge is 0.772 e. The van der Waals surface area contributed by atoms with E-state index in [4.69, 9.17) is 22.1 Å². The van der Waals surface area contributed by atoms with Gasteiger partial charge in [-0.05, 0) is 22.1 Å². The summed E-state index contributed by atoms with van der Waals surface area (Å²) in [5.74, 6) is -0.959. The Morgan fingerprint density at radius 1 is 0.667 bits per heavy atom. The predicted molar refractivity (Wildman–Crippen MR) is 104 cm³/mol. The van der Waals surface area contributed by atoms with Crippen LogP contribution in [0.3, 0.4) is 0 Å². The second kappa shape index (κ2) is 22.4. The second-order valence-corrected chi connectivity index (χ2v) is 9.03. The third-order valence-corrected chi connectivity index (χ3v) is 6.53. The molecule has 0 saturated heterocycles. The zero-order valence-electron chi connectivity index (χ0n) is 15.8. The molecule has 6 atom stereocenters. The van der Waals surface area contributed by atoms with Gasteiger partial charge in [-0.25, -0.2) is 0 Å². The van der Waals surface area contributed by atoms with Crippen molar-refractivity contribution in [1.82, 2.24) is 0 Å². The van der Waals surface area contributed by atoms with Crippen molar-refractivity contribution in [1.29, 1.82) is 0 Å². The van der Waals surface area contributed by atoms with Crippen molar-refractivity contribution >= 4 is 43.7 Å². The second-order valence-electron chi connectivity index (χ2n) is 4.60. The molecule has 2 unspecified atom stereocenters. The first-order valence-electron chi connectivity index (χ1n) is 6.92. The van der Waals surface area contributed by atoms with E-state index in [9.17, 15) is 17.5 Å². The fraction of sp³-hybridized carbons (Fsp3) is 1.00. The average Bonchev–Trinajstić information content (AvgIpc) is 2.62. The minimum absolute atomic E-state index is 0. The Hall–Kier alpha value is 0.160. The van der Waals surface area contributed by atoms with Gasteiger partial charge in [0.25, 0.3) is 0 Å². The molecule has 0 N–H and O–H groups in total. The molecule has 0 saturated carbocycles. The van der Waals surface area contributed by atoms with Gasteiger partial charge in [-0.15, -0.1) is 0 Å². The third kappa shape index (κ3) is 16.8. The normalized spacial score (nSPS) is 15.4. The largest absolute Gasteiger partial charge is 1.00 e. The van der Waals surface area contributed by atoms with Gasteiger partial charge in [0.1, 0.15) is 0 Å². The summed E-state index contributed by atoms with van der Waals surface area (Å²) in [5.41, 5.74) is 34.3. The SMILES string of the molecule is [N-]=[N+]=N[C@@H](CSSC[C@H](N=[N+]=[N-])[C@H](CS(=O)[O-])N=[N+]=[N-])[C@H](CS(=O)[O-])N=[N+]=[N-].[Na+].[Na+]. The van der Waals surface area contributed by atoms with Crippen LogP contribution >= 0.6 is 21.6 Å². The molecule has 0 aliphatic heterocycles. The summed E-state index contributed by atoms with van der Waals surface area (Å²) in [6.07, 6.45) is 0. The Kier molecular flexibility index (Phi) is 25.9. The monoisotopic (exact) mass is 514 g/mol. The zero-order chi connectivity index (χ0) is 21.4. The molecule has 30 heavy (non-hydrogen) atoms. The Morgan fingerprint density at radius 2 is 0.933 bits per heavy atom. The maximum Gasteiger partial charge on any atom is 1.00 e. The van der Waals surface area contributed by atoms with Crippen LogP contribution in [-0.2, 0) is 22.2 Å². The summed E-state index contributed by atoms with van der Waals surface area (Å²) in [4.78, 5) is 10.3. The Morgan fingerprint density at radius 3 is 1.17 bits per heavy atom. The first-order chi connectivity index (χ1) is 13.4. The molecule has 0 aromatic heterocycles. The third-order valence-electron chi connectivity index (χ3n) is 2.86. The van der Waals surface area contributed by atoms with Gasteiger partial charge in [-0.2, -0.15) is 0 Å². The van der Waals surface area contributed by atoms with Crippen molar-refractivity contribution in [2.24, 2.45) is 20.5 Å². The number of hydrogen-bond acceptors (Lipinski definition) is 10.